The fourth-order valence-corrected chi connectivity index (χ4v) is 2.10. The van der Waals surface area contributed by atoms with E-state index in [0.29, 0.717) is 5.69 Å². The molecule has 0 aromatic carbocycles. The van der Waals surface area contributed by atoms with Gasteiger partial charge in [0.2, 0.25) is 0 Å². The van der Waals surface area contributed by atoms with Crippen LogP contribution in [0.1, 0.15) is 16.9 Å². The first kappa shape index (κ1) is 11.7. The molecular weight excluding hydrogens is 224 g/mol. The normalized spacial score (nSPS) is 24.0. The number of carbonyl (C=O) groups excluding carboxylic acids is 1. The van der Waals surface area contributed by atoms with E-state index in [1.165, 1.54) is 4.90 Å². The lowest BCUT2D eigenvalue weighted by molar-refractivity contribution is -0.141. The lowest BCUT2D eigenvalue weighted by atomic mass is 10.2. The first-order valence-electron chi connectivity index (χ1n) is 5.34. The fourth-order valence-electron chi connectivity index (χ4n) is 2.10. The van der Waals surface area contributed by atoms with Crippen LogP contribution in [0.5, 0.6) is 0 Å². The molecule has 1 aromatic rings. The van der Waals surface area contributed by atoms with Crippen LogP contribution in [-0.2, 0) is 11.8 Å². The summed E-state index contributed by atoms with van der Waals surface area (Å²) >= 11 is 0. The fraction of sp³-hybridized carbons (Fsp3) is 0.455. The number of β-amino-alcohol motifs (C(OH)–C–C–N with tert-alkyl or cyclic N) is 1. The molecule has 1 aromatic heterocycles. The topological polar surface area (TPSA) is 82.8 Å². The zero-order valence-electron chi connectivity index (χ0n) is 9.41. The van der Waals surface area contributed by atoms with Gasteiger partial charge in [-0.25, -0.2) is 4.79 Å². The second-order valence-electron chi connectivity index (χ2n) is 4.21. The number of aliphatic hydroxyl groups excluding tert-OH is 1. The Kier molecular flexibility index (Phi) is 2.89. The molecule has 6 heteroatoms. The van der Waals surface area contributed by atoms with Gasteiger partial charge in [-0.1, -0.05) is 0 Å². The molecule has 0 radical (unpaired) electrons. The van der Waals surface area contributed by atoms with E-state index in [4.69, 9.17) is 5.11 Å². The van der Waals surface area contributed by atoms with Gasteiger partial charge in [-0.3, -0.25) is 4.79 Å². The Balaban J connectivity index is 2.25. The average molecular weight is 238 g/mol. The van der Waals surface area contributed by atoms with Crippen molar-refractivity contribution in [3.63, 3.8) is 0 Å². The summed E-state index contributed by atoms with van der Waals surface area (Å²) in [6.07, 6.45) is 1.04. The number of carboxylic acid groups (broad SMARTS) is 1. The minimum Gasteiger partial charge on any atom is -0.480 e. The molecule has 0 bridgehead atoms. The van der Waals surface area contributed by atoms with Gasteiger partial charge in [0.1, 0.15) is 11.7 Å². The number of aliphatic hydroxyl groups is 1. The summed E-state index contributed by atoms with van der Waals surface area (Å²) in [7, 11) is 1.72. The molecule has 1 amide bonds. The van der Waals surface area contributed by atoms with Crippen molar-refractivity contribution in [3.05, 3.63) is 24.0 Å². The molecule has 1 aliphatic heterocycles. The summed E-state index contributed by atoms with van der Waals surface area (Å²) in [4.78, 5) is 24.3. The van der Waals surface area contributed by atoms with E-state index in [9.17, 15) is 14.7 Å². The highest BCUT2D eigenvalue weighted by molar-refractivity contribution is 5.95. The molecule has 2 heterocycles. The highest BCUT2D eigenvalue weighted by atomic mass is 16.4. The zero-order chi connectivity index (χ0) is 12.6. The van der Waals surface area contributed by atoms with Crippen LogP contribution in [-0.4, -0.2) is 50.2 Å². The van der Waals surface area contributed by atoms with Crippen LogP contribution in [0, 0.1) is 0 Å². The van der Waals surface area contributed by atoms with Gasteiger partial charge in [-0.15, -0.1) is 0 Å². The Bertz CT molecular complexity index is 454. The molecule has 2 atom stereocenters. The molecule has 1 aliphatic rings. The number of amides is 1. The monoisotopic (exact) mass is 238 g/mol. The third-order valence-corrected chi connectivity index (χ3v) is 2.99. The maximum Gasteiger partial charge on any atom is 0.326 e. The van der Waals surface area contributed by atoms with Gasteiger partial charge >= 0.3 is 5.97 Å². The number of rotatable bonds is 2. The summed E-state index contributed by atoms with van der Waals surface area (Å²) in [5.41, 5.74) is 0.422. The minimum atomic E-state index is -1.08. The summed E-state index contributed by atoms with van der Waals surface area (Å²) in [5.74, 6) is -1.44. The van der Waals surface area contributed by atoms with E-state index in [0.717, 1.165) is 0 Å². The molecule has 1 saturated heterocycles. The molecule has 2 rings (SSSR count). The number of aliphatic carboxylic acids is 1. The predicted molar refractivity (Wildman–Crippen MR) is 58.5 cm³/mol. The van der Waals surface area contributed by atoms with Crippen molar-refractivity contribution >= 4 is 11.9 Å². The highest BCUT2D eigenvalue weighted by Gasteiger charge is 2.39. The molecule has 17 heavy (non-hydrogen) atoms. The maximum absolute atomic E-state index is 12.1. The van der Waals surface area contributed by atoms with E-state index in [1.54, 1.807) is 29.9 Å². The number of carbonyl (C=O) groups is 2. The number of aromatic nitrogens is 1. The Labute approximate surface area is 98.1 Å². The molecule has 6 nitrogen and oxygen atoms in total. The van der Waals surface area contributed by atoms with Crippen LogP contribution in [0.4, 0.5) is 0 Å². The van der Waals surface area contributed by atoms with Crippen molar-refractivity contribution in [1.82, 2.24) is 9.47 Å². The van der Waals surface area contributed by atoms with Gasteiger partial charge in [-0.05, 0) is 12.1 Å². The van der Waals surface area contributed by atoms with Crippen LogP contribution in [0.15, 0.2) is 18.3 Å². The van der Waals surface area contributed by atoms with Crippen molar-refractivity contribution < 1.29 is 19.8 Å². The summed E-state index contributed by atoms with van der Waals surface area (Å²) in [6.45, 7) is 0.0704. The second-order valence-corrected chi connectivity index (χ2v) is 4.21. The molecule has 2 N–H and O–H groups in total. The Morgan fingerprint density at radius 3 is 2.71 bits per heavy atom. The van der Waals surface area contributed by atoms with Crippen LogP contribution in [0.25, 0.3) is 0 Å². The van der Waals surface area contributed by atoms with Crippen molar-refractivity contribution in [1.29, 1.82) is 0 Å². The number of aryl methyl sites for hydroxylation is 1. The third kappa shape index (κ3) is 2.03. The average Bonchev–Trinajstić information content (AvgIpc) is 2.83. The lowest BCUT2D eigenvalue weighted by Gasteiger charge is -2.21. The van der Waals surface area contributed by atoms with Gasteiger partial charge in [0, 0.05) is 26.2 Å². The molecule has 1 fully saturated rings. The van der Waals surface area contributed by atoms with E-state index >= 15 is 0 Å². The first-order chi connectivity index (χ1) is 8.00. The number of hydrogen-bond acceptors (Lipinski definition) is 3. The predicted octanol–water partition coefficient (Wildman–Crippen LogP) is -0.315. The maximum atomic E-state index is 12.1. The Morgan fingerprint density at radius 2 is 2.18 bits per heavy atom. The molecule has 0 saturated carbocycles. The van der Waals surface area contributed by atoms with Gasteiger partial charge in [0.15, 0.2) is 0 Å². The summed E-state index contributed by atoms with van der Waals surface area (Å²) in [6, 6.07) is 2.41. The van der Waals surface area contributed by atoms with E-state index in [2.05, 4.69) is 0 Å². The van der Waals surface area contributed by atoms with Crippen molar-refractivity contribution in [2.24, 2.45) is 7.05 Å². The second kappa shape index (κ2) is 4.21. The molecule has 0 unspecified atom stereocenters. The summed E-state index contributed by atoms with van der Waals surface area (Å²) in [5, 5.41) is 18.5. The quantitative estimate of drug-likeness (QED) is 0.740. The van der Waals surface area contributed by atoms with Crippen LogP contribution < -0.4 is 0 Å². The van der Waals surface area contributed by atoms with Crippen LogP contribution >= 0.6 is 0 Å². The Morgan fingerprint density at radius 1 is 1.47 bits per heavy atom. The zero-order valence-corrected chi connectivity index (χ0v) is 9.41. The third-order valence-electron chi connectivity index (χ3n) is 2.99. The number of hydrogen-bond donors (Lipinski definition) is 2. The minimum absolute atomic E-state index is 0.0704. The lowest BCUT2D eigenvalue weighted by Crippen LogP contribution is -2.41. The van der Waals surface area contributed by atoms with Gasteiger partial charge in [0.25, 0.3) is 5.91 Å². The van der Waals surface area contributed by atoms with Gasteiger partial charge in [0.05, 0.1) is 6.10 Å². The number of likely N-dealkylation sites (tertiary alicyclic amines) is 1. The standard InChI is InChI=1S/C11H14N2O4/c1-12-4-2-3-8(12)10(15)13-6-7(14)5-9(13)11(16)17/h2-4,7,9,14H,5-6H2,1H3,(H,16,17)/t7-,9-/m0/s1. The van der Waals surface area contributed by atoms with Gasteiger partial charge < -0.3 is 19.7 Å². The van der Waals surface area contributed by atoms with Crippen LogP contribution in [0.2, 0.25) is 0 Å². The van der Waals surface area contributed by atoms with Crippen LogP contribution in [0.3, 0.4) is 0 Å². The summed E-state index contributed by atoms with van der Waals surface area (Å²) < 4.78 is 1.63. The number of carboxylic acids is 1. The van der Waals surface area contributed by atoms with Gasteiger partial charge in [-0.2, -0.15) is 0 Å². The molecule has 0 aliphatic carbocycles. The highest BCUT2D eigenvalue weighted by Crippen LogP contribution is 2.20. The van der Waals surface area contributed by atoms with Crippen molar-refractivity contribution in [2.45, 2.75) is 18.6 Å². The van der Waals surface area contributed by atoms with Crippen molar-refractivity contribution in [3.8, 4) is 0 Å². The van der Waals surface area contributed by atoms with Crippen molar-refractivity contribution in [2.75, 3.05) is 6.54 Å². The van der Waals surface area contributed by atoms with E-state index in [-0.39, 0.29) is 18.9 Å². The first-order valence-corrected chi connectivity index (χ1v) is 5.34. The molecular formula is C11H14N2O4. The smallest absolute Gasteiger partial charge is 0.326 e. The Hall–Kier alpha value is -1.82. The number of nitrogens with zero attached hydrogens (tertiary/aromatic N) is 2. The molecule has 92 valence electrons. The SMILES string of the molecule is Cn1cccc1C(=O)N1C[C@@H](O)C[C@H]1C(=O)O. The van der Waals surface area contributed by atoms with E-state index in [1.807, 2.05) is 0 Å². The molecule has 0 spiro atoms. The largest absolute Gasteiger partial charge is 0.480 e. The van der Waals surface area contributed by atoms with E-state index < -0.39 is 18.1 Å².